The molecule has 0 bridgehead atoms. The van der Waals surface area contributed by atoms with E-state index in [0.29, 0.717) is 18.1 Å². The van der Waals surface area contributed by atoms with E-state index in [9.17, 15) is 9.59 Å². The fourth-order valence-corrected chi connectivity index (χ4v) is 3.54. The molecule has 0 aliphatic heterocycles. The summed E-state index contributed by atoms with van der Waals surface area (Å²) in [6.07, 6.45) is 17.0. The Kier molecular flexibility index (Phi) is 10.7. The fraction of sp³-hybridized carbons (Fsp3) is 0.800. The van der Waals surface area contributed by atoms with Crippen LogP contribution in [-0.4, -0.2) is 18.9 Å². The highest BCUT2D eigenvalue weighted by molar-refractivity contribution is 5.83. The van der Waals surface area contributed by atoms with Gasteiger partial charge in [0, 0.05) is 18.8 Å². The Morgan fingerprint density at radius 1 is 1.13 bits per heavy atom. The summed E-state index contributed by atoms with van der Waals surface area (Å²) in [5.74, 6) is 1.29. The van der Waals surface area contributed by atoms with Crippen molar-refractivity contribution < 1.29 is 14.3 Å². The monoisotopic (exact) mass is 322 g/mol. The maximum Gasteiger partial charge on any atom is 0.305 e. The lowest BCUT2D eigenvalue weighted by Crippen LogP contribution is -2.14. The number of hydrogen-bond donors (Lipinski definition) is 0. The third-order valence-electron chi connectivity index (χ3n) is 4.97. The van der Waals surface area contributed by atoms with Crippen LogP contribution in [-0.2, 0) is 14.3 Å². The molecule has 0 aromatic heterocycles. The molecule has 3 nitrogen and oxygen atoms in total. The molecule has 0 saturated heterocycles. The lowest BCUT2D eigenvalue weighted by Gasteiger charge is -2.16. The molecule has 1 rings (SSSR count). The van der Waals surface area contributed by atoms with Gasteiger partial charge in [-0.25, -0.2) is 0 Å². The molecule has 1 aliphatic rings. The van der Waals surface area contributed by atoms with E-state index in [1.54, 1.807) is 0 Å². The topological polar surface area (TPSA) is 43.4 Å². The third-order valence-corrected chi connectivity index (χ3v) is 4.97. The quantitative estimate of drug-likeness (QED) is 0.281. The molecule has 132 valence electrons. The molecule has 3 heteroatoms. The van der Waals surface area contributed by atoms with Crippen molar-refractivity contribution in [3.63, 3.8) is 0 Å². The molecule has 23 heavy (non-hydrogen) atoms. The minimum absolute atomic E-state index is 0.0981. The van der Waals surface area contributed by atoms with Crippen LogP contribution >= 0.6 is 0 Å². The van der Waals surface area contributed by atoms with E-state index in [1.807, 2.05) is 0 Å². The Bertz CT molecular complexity index is 373. The van der Waals surface area contributed by atoms with E-state index in [4.69, 9.17) is 0 Å². The van der Waals surface area contributed by atoms with Gasteiger partial charge in [-0.05, 0) is 38.0 Å². The molecular formula is C20H34O3. The first-order chi connectivity index (χ1) is 11.2. The molecular weight excluding hydrogens is 288 g/mol. The van der Waals surface area contributed by atoms with Crippen molar-refractivity contribution in [2.75, 3.05) is 7.11 Å². The van der Waals surface area contributed by atoms with E-state index < -0.39 is 0 Å². The Morgan fingerprint density at radius 3 is 2.52 bits per heavy atom. The molecule has 0 aromatic rings. The van der Waals surface area contributed by atoms with Gasteiger partial charge in [-0.15, -0.1) is 0 Å². The van der Waals surface area contributed by atoms with Crippen molar-refractivity contribution in [1.82, 2.24) is 0 Å². The maximum atomic E-state index is 12.0. The van der Waals surface area contributed by atoms with Gasteiger partial charge in [0.2, 0.25) is 0 Å². The molecule has 0 unspecified atom stereocenters. The van der Waals surface area contributed by atoms with E-state index in [-0.39, 0.29) is 11.9 Å². The average Bonchev–Trinajstić information content (AvgIpc) is 2.90. The minimum Gasteiger partial charge on any atom is -0.469 e. The normalized spacial score (nSPS) is 21.2. The molecule has 1 fully saturated rings. The first kappa shape index (κ1) is 19.9. The summed E-state index contributed by atoms with van der Waals surface area (Å²) in [7, 11) is 1.45. The fourth-order valence-electron chi connectivity index (χ4n) is 3.54. The Labute approximate surface area is 141 Å². The highest BCUT2D eigenvalue weighted by Gasteiger charge is 2.32. The first-order valence-electron chi connectivity index (χ1n) is 9.43. The summed E-state index contributed by atoms with van der Waals surface area (Å²) < 4.78 is 4.63. The van der Waals surface area contributed by atoms with Gasteiger partial charge in [-0.3, -0.25) is 9.59 Å². The molecule has 2 atom stereocenters. The number of Topliss-reactive ketones (excluding diaryl/α,β-unsaturated/α-hetero) is 1. The van der Waals surface area contributed by atoms with Gasteiger partial charge in [0.05, 0.1) is 7.11 Å². The van der Waals surface area contributed by atoms with Crippen molar-refractivity contribution in [1.29, 1.82) is 0 Å². The summed E-state index contributed by atoms with van der Waals surface area (Å²) in [4.78, 5) is 23.0. The summed E-state index contributed by atoms with van der Waals surface area (Å²) in [5, 5.41) is 0. The van der Waals surface area contributed by atoms with Gasteiger partial charge in [-0.2, -0.15) is 0 Å². The van der Waals surface area contributed by atoms with E-state index in [1.165, 1.54) is 39.2 Å². The smallest absolute Gasteiger partial charge is 0.305 e. The third kappa shape index (κ3) is 8.34. The number of ketones is 1. The standard InChI is InChI=1S/C20H34O3/c1-3-4-9-13-18-17(15-16-19(18)21)12-10-7-5-6-8-11-14-20(22)23-2/h4,9,17-18H,3,5-8,10-16H2,1-2H3/b9-4-/t17-,18+/m0/s1. The predicted octanol–water partition coefficient (Wildman–Crippen LogP) is 5.23. The number of ether oxygens (including phenoxy) is 1. The van der Waals surface area contributed by atoms with Crippen molar-refractivity contribution in [2.24, 2.45) is 11.8 Å². The Balaban J connectivity index is 2.06. The van der Waals surface area contributed by atoms with Crippen LogP contribution in [0.15, 0.2) is 12.2 Å². The van der Waals surface area contributed by atoms with Gasteiger partial charge < -0.3 is 4.74 Å². The van der Waals surface area contributed by atoms with Crippen molar-refractivity contribution in [3.8, 4) is 0 Å². The molecule has 0 N–H and O–H groups in total. The number of unbranched alkanes of at least 4 members (excludes halogenated alkanes) is 5. The van der Waals surface area contributed by atoms with E-state index >= 15 is 0 Å². The Hall–Kier alpha value is -1.12. The zero-order valence-electron chi connectivity index (χ0n) is 15.0. The number of esters is 1. The molecule has 0 aromatic carbocycles. The van der Waals surface area contributed by atoms with Gasteiger partial charge >= 0.3 is 5.97 Å². The second-order valence-corrected chi connectivity index (χ2v) is 6.72. The van der Waals surface area contributed by atoms with Crippen LogP contribution < -0.4 is 0 Å². The lowest BCUT2D eigenvalue weighted by molar-refractivity contribution is -0.140. The van der Waals surface area contributed by atoms with Crippen molar-refractivity contribution >= 4 is 11.8 Å². The summed E-state index contributed by atoms with van der Waals surface area (Å²) in [5.41, 5.74) is 0. The van der Waals surface area contributed by atoms with Crippen LogP contribution in [0.1, 0.15) is 84.0 Å². The van der Waals surface area contributed by atoms with Crippen molar-refractivity contribution in [2.45, 2.75) is 84.0 Å². The number of carbonyl (C=O) groups excluding carboxylic acids is 2. The Morgan fingerprint density at radius 2 is 1.83 bits per heavy atom. The molecule has 0 heterocycles. The van der Waals surface area contributed by atoms with Crippen LogP contribution in [0.3, 0.4) is 0 Å². The van der Waals surface area contributed by atoms with E-state index in [2.05, 4.69) is 23.8 Å². The lowest BCUT2D eigenvalue weighted by atomic mass is 9.87. The number of carbonyl (C=O) groups is 2. The number of allylic oxidation sites excluding steroid dienone is 2. The summed E-state index contributed by atoms with van der Waals surface area (Å²) in [6, 6.07) is 0. The highest BCUT2D eigenvalue weighted by Crippen LogP contribution is 2.35. The van der Waals surface area contributed by atoms with Gasteiger partial charge in [0.25, 0.3) is 0 Å². The zero-order chi connectivity index (χ0) is 16.9. The molecule has 1 aliphatic carbocycles. The van der Waals surface area contributed by atoms with Gasteiger partial charge in [0.15, 0.2) is 0 Å². The second-order valence-electron chi connectivity index (χ2n) is 6.72. The van der Waals surface area contributed by atoms with Crippen LogP contribution in [0, 0.1) is 11.8 Å². The number of methoxy groups -OCH3 is 1. The zero-order valence-corrected chi connectivity index (χ0v) is 15.0. The van der Waals surface area contributed by atoms with Crippen LogP contribution in [0.2, 0.25) is 0 Å². The average molecular weight is 322 g/mol. The maximum absolute atomic E-state index is 12.0. The SMILES string of the molecule is CC/C=C\C[C@H]1C(=O)CC[C@@H]1CCCCCCCCC(=O)OC. The van der Waals surface area contributed by atoms with Crippen LogP contribution in [0.5, 0.6) is 0 Å². The molecule has 1 saturated carbocycles. The summed E-state index contributed by atoms with van der Waals surface area (Å²) in [6.45, 7) is 2.13. The molecule has 0 spiro atoms. The van der Waals surface area contributed by atoms with E-state index in [0.717, 1.165) is 38.5 Å². The van der Waals surface area contributed by atoms with Gasteiger partial charge in [-0.1, -0.05) is 51.2 Å². The number of rotatable bonds is 12. The summed E-state index contributed by atoms with van der Waals surface area (Å²) >= 11 is 0. The number of hydrogen-bond acceptors (Lipinski definition) is 3. The minimum atomic E-state index is -0.0981. The largest absolute Gasteiger partial charge is 0.469 e. The highest BCUT2D eigenvalue weighted by atomic mass is 16.5. The van der Waals surface area contributed by atoms with Crippen molar-refractivity contribution in [3.05, 3.63) is 12.2 Å². The van der Waals surface area contributed by atoms with Crippen LogP contribution in [0.25, 0.3) is 0 Å². The predicted molar refractivity (Wildman–Crippen MR) is 94.2 cm³/mol. The molecule has 0 amide bonds. The molecule has 0 radical (unpaired) electrons. The second kappa shape index (κ2) is 12.3. The van der Waals surface area contributed by atoms with Gasteiger partial charge in [0.1, 0.15) is 5.78 Å². The first-order valence-corrected chi connectivity index (χ1v) is 9.43. The van der Waals surface area contributed by atoms with Crippen LogP contribution in [0.4, 0.5) is 0 Å².